The van der Waals surface area contributed by atoms with E-state index in [4.69, 9.17) is 0 Å². The highest BCUT2D eigenvalue weighted by atomic mass is 79.9. The molecular formula is C13H18BrN2O+. The molecule has 1 heterocycles. The first-order valence-corrected chi connectivity index (χ1v) is 6.84. The topological polar surface area (TPSA) is 33.5 Å². The van der Waals surface area contributed by atoms with Gasteiger partial charge in [-0.05, 0) is 40.5 Å². The zero-order chi connectivity index (χ0) is 12.3. The van der Waals surface area contributed by atoms with E-state index in [-0.39, 0.29) is 5.91 Å². The molecule has 1 aliphatic rings. The predicted molar refractivity (Wildman–Crippen MR) is 72.3 cm³/mol. The van der Waals surface area contributed by atoms with Crippen LogP contribution in [0.15, 0.2) is 22.7 Å². The second-order valence-corrected chi connectivity index (χ2v) is 5.52. The maximum Gasteiger partial charge on any atom is 0.279 e. The van der Waals surface area contributed by atoms with Gasteiger partial charge in [0.2, 0.25) is 0 Å². The van der Waals surface area contributed by atoms with Crippen molar-refractivity contribution in [3.05, 3.63) is 28.2 Å². The van der Waals surface area contributed by atoms with Crippen LogP contribution in [0, 0.1) is 6.92 Å². The van der Waals surface area contributed by atoms with Crippen molar-refractivity contribution in [3.63, 3.8) is 0 Å². The number of hydrogen-bond donors (Lipinski definition) is 2. The summed E-state index contributed by atoms with van der Waals surface area (Å²) >= 11 is 3.47. The van der Waals surface area contributed by atoms with Crippen molar-refractivity contribution >= 4 is 27.5 Å². The molecule has 0 aliphatic carbocycles. The molecule has 1 aliphatic heterocycles. The van der Waals surface area contributed by atoms with E-state index in [0.29, 0.717) is 6.54 Å². The molecule has 3 nitrogen and oxygen atoms in total. The summed E-state index contributed by atoms with van der Waals surface area (Å²) in [5.41, 5.74) is 2.04. The standard InChI is InChI=1S/C13H17BrN2O/c1-10-4-5-12(11(14)8-10)15-13(17)9-16-6-2-3-7-16/h4-5,8H,2-3,6-7,9H2,1H3,(H,15,17)/p+1. The van der Waals surface area contributed by atoms with Crippen LogP contribution in [-0.4, -0.2) is 25.5 Å². The Balaban J connectivity index is 1.93. The summed E-state index contributed by atoms with van der Waals surface area (Å²) in [6.07, 6.45) is 2.49. The smallest absolute Gasteiger partial charge is 0.279 e. The molecule has 2 N–H and O–H groups in total. The van der Waals surface area contributed by atoms with Crippen molar-refractivity contribution in [2.24, 2.45) is 0 Å². The van der Waals surface area contributed by atoms with Gasteiger partial charge in [0.15, 0.2) is 6.54 Å². The predicted octanol–water partition coefficient (Wildman–Crippen LogP) is 1.37. The van der Waals surface area contributed by atoms with Crippen LogP contribution in [0.3, 0.4) is 0 Å². The molecule has 1 aromatic rings. The number of amides is 1. The molecule has 4 heteroatoms. The summed E-state index contributed by atoms with van der Waals surface area (Å²) in [7, 11) is 0. The van der Waals surface area contributed by atoms with E-state index in [2.05, 4.69) is 21.2 Å². The fourth-order valence-corrected chi connectivity index (χ4v) is 2.79. The molecule has 1 aromatic carbocycles. The molecule has 1 amide bonds. The third-order valence-electron chi connectivity index (χ3n) is 3.12. The summed E-state index contributed by atoms with van der Waals surface area (Å²) in [6.45, 7) is 4.87. The Morgan fingerprint density at radius 2 is 2.12 bits per heavy atom. The van der Waals surface area contributed by atoms with Gasteiger partial charge in [-0.15, -0.1) is 0 Å². The Bertz CT molecular complexity index is 414. The van der Waals surface area contributed by atoms with Crippen LogP contribution in [0.4, 0.5) is 5.69 Å². The molecule has 0 spiro atoms. The minimum Gasteiger partial charge on any atom is -0.327 e. The Morgan fingerprint density at radius 3 is 2.76 bits per heavy atom. The molecule has 0 radical (unpaired) electrons. The van der Waals surface area contributed by atoms with Crippen LogP contribution in [-0.2, 0) is 4.79 Å². The lowest BCUT2D eigenvalue weighted by atomic mass is 10.2. The van der Waals surface area contributed by atoms with E-state index < -0.39 is 0 Å². The second kappa shape index (κ2) is 5.65. The van der Waals surface area contributed by atoms with Crippen molar-refractivity contribution in [3.8, 4) is 0 Å². The number of aryl methyl sites for hydroxylation is 1. The van der Waals surface area contributed by atoms with Gasteiger partial charge in [-0.2, -0.15) is 0 Å². The van der Waals surface area contributed by atoms with E-state index in [1.807, 2.05) is 25.1 Å². The molecule has 17 heavy (non-hydrogen) atoms. The van der Waals surface area contributed by atoms with Crippen LogP contribution >= 0.6 is 15.9 Å². The molecule has 92 valence electrons. The Kier molecular flexibility index (Phi) is 4.18. The molecule has 0 atom stereocenters. The summed E-state index contributed by atoms with van der Waals surface area (Å²) in [5.74, 6) is 0.103. The lowest BCUT2D eigenvalue weighted by molar-refractivity contribution is -0.878. The number of halogens is 1. The van der Waals surface area contributed by atoms with Crippen LogP contribution in [0.2, 0.25) is 0 Å². The molecule has 2 rings (SSSR count). The summed E-state index contributed by atoms with van der Waals surface area (Å²) < 4.78 is 0.947. The number of benzene rings is 1. The van der Waals surface area contributed by atoms with Crippen LogP contribution in [0.25, 0.3) is 0 Å². The first kappa shape index (κ1) is 12.6. The van der Waals surface area contributed by atoms with Crippen molar-refractivity contribution in [2.45, 2.75) is 19.8 Å². The zero-order valence-corrected chi connectivity index (χ0v) is 11.6. The number of likely N-dealkylation sites (tertiary alicyclic amines) is 1. The third kappa shape index (κ3) is 3.54. The van der Waals surface area contributed by atoms with E-state index in [1.165, 1.54) is 23.3 Å². The Morgan fingerprint density at radius 1 is 1.41 bits per heavy atom. The highest BCUT2D eigenvalue weighted by Gasteiger charge is 2.19. The van der Waals surface area contributed by atoms with Crippen molar-refractivity contribution in [1.29, 1.82) is 0 Å². The largest absolute Gasteiger partial charge is 0.327 e. The quantitative estimate of drug-likeness (QED) is 0.868. The van der Waals surface area contributed by atoms with Gasteiger partial charge in [-0.1, -0.05) is 6.07 Å². The number of quaternary nitrogens is 1. The van der Waals surface area contributed by atoms with Gasteiger partial charge >= 0.3 is 0 Å². The Labute approximate surface area is 110 Å². The zero-order valence-electron chi connectivity index (χ0n) is 10.1. The van der Waals surface area contributed by atoms with E-state index in [0.717, 1.165) is 23.2 Å². The van der Waals surface area contributed by atoms with Gasteiger partial charge in [0.25, 0.3) is 5.91 Å². The normalized spacial score (nSPS) is 16.1. The second-order valence-electron chi connectivity index (χ2n) is 4.67. The van der Waals surface area contributed by atoms with Crippen molar-refractivity contribution < 1.29 is 9.69 Å². The minimum atomic E-state index is 0.103. The van der Waals surface area contributed by atoms with Gasteiger partial charge in [0.1, 0.15) is 0 Å². The lowest BCUT2D eigenvalue weighted by Crippen LogP contribution is -3.11. The average molecular weight is 298 g/mol. The van der Waals surface area contributed by atoms with E-state index in [1.54, 1.807) is 0 Å². The number of carbonyl (C=O) groups excluding carboxylic acids is 1. The van der Waals surface area contributed by atoms with Gasteiger partial charge < -0.3 is 10.2 Å². The van der Waals surface area contributed by atoms with E-state index in [9.17, 15) is 4.79 Å². The van der Waals surface area contributed by atoms with Crippen LogP contribution in [0.5, 0.6) is 0 Å². The van der Waals surface area contributed by atoms with Gasteiger partial charge in [-0.25, -0.2) is 0 Å². The number of anilines is 1. The molecule has 1 saturated heterocycles. The first-order chi connectivity index (χ1) is 8.15. The highest BCUT2D eigenvalue weighted by molar-refractivity contribution is 9.10. The highest BCUT2D eigenvalue weighted by Crippen LogP contribution is 2.22. The van der Waals surface area contributed by atoms with Gasteiger partial charge in [0, 0.05) is 17.3 Å². The SMILES string of the molecule is Cc1ccc(NC(=O)C[NH+]2CCCC2)c(Br)c1. The molecule has 0 saturated carbocycles. The van der Waals surface area contributed by atoms with Gasteiger partial charge in [0.05, 0.1) is 18.8 Å². The average Bonchev–Trinajstić information content (AvgIpc) is 2.75. The monoisotopic (exact) mass is 297 g/mol. The fourth-order valence-electron chi connectivity index (χ4n) is 2.19. The fraction of sp³-hybridized carbons (Fsp3) is 0.462. The molecule has 0 aromatic heterocycles. The maximum absolute atomic E-state index is 11.9. The maximum atomic E-state index is 11.9. The third-order valence-corrected chi connectivity index (χ3v) is 3.78. The van der Waals surface area contributed by atoms with E-state index >= 15 is 0 Å². The number of nitrogens with one attached hydrogen (secondary N) is 2. The molecule has 0 unspecified atom stereocenters. The molecule has 1 fully saturated rings. The number of rotatable bonds is 3. The Hall–Kier alpha value is -0.870. The van der Waals surface area contributed by atoms with Crippen molar-refractivity contribution in [2.75, 3.05) is 25.0 Å². The van der Waals surface area contributed by atoms with Crippen LogP contribution in [0.1, 0.15) is 18.4 Å². The molecular weight excluding hydrogens is 280 g/mol. The van der Waals surface area contributed by atoms with Crippen LogP contribution < -0.4 is 10.2 Å². The summed E-state index contributed by atoms with van der Waals surface area (Å²) in [6, 6.07) is 5.96. The first-order valence-electron chi connectivity index (χ1n) is 6.05. The lowest BCUT2D eigenvalue weighted by Gasteiger charge is -2.12. The number of hydrogen-bond acceptors (Lipinski definition) is 1. The summed E-state index contributed by atoms with van der Waals surface area (Å²) in [4.78, 5) is 13.2. The minimum absolute atomic E-state index is 0.103. The molecule has 0 bridgehead atoms. The number of carbonyl (C=O) groups is 1. The van der Waals surface area contributed by atoms with Gasteiger partial charge in [-0.3, -0.25) is 4.79 Å². The van der Waals surface area contributed by atoms with Crippen molar-refractivity contribution in [1.82, 2.24) is 0 Å². The summed E-state index contributed by atoms with van der Waals surface area (Å²) in [5, 5.41) is 2.96.